The molecular weight excluding hydrogens is 364 g/mol. The number of carbonyl (C=O) groups excluding carboxylic acids is 1. The average molecular weight is 388 g/mol. The summed E-state index contributed by atoms with van der Waals surface area (Å²) in [5, 5.41) is 20.0. The van der Waals surface area contributed by atoms with E-state index >= 15 is 0 Å². The van der Waals surface area contributed by atoms with Crippen molar-refractivity contribution in [1.82, 2.24) is 4.90 Å². The molecule has 2 unspecified atom stereocenters. The molecule has 3 fully saturated rings. The number of amides is 1. The molecule has 3 aliphatic rings. The van der Waals surface area contributed by atoms with Crippen LogP contribution in [0.25, 0.3) is 0 Å². The van der Waals surface area contributed by atoms with Gasteiger partial charge in [-0.2, -0.15) is 5.26 Å². The van der Waals surface area contributed by atoms with Crippen molar-refractivity contribution in [2.45, 2.75) is 61.7 Å². The van der Waals surface area contributed by atoms with Gasteiger partial charge in [-0.1, -0.05) is 12.1 Å². The number of hydrogen-bond acceptors (Lipinski definition) is 6. The zero-order valence-electron chi connectivity index (χ0n) is 15.5. The van der Waals surface area contributed by atoms with Crippen LogP contribution >= 0.6 is 11.8 Å². The molecule has 1 aromatic carbocycles. The molecule has 0 aromatic heterocycles. The minimum atomic E-state index is -0.889. The van der Waals surface area contributed by atoms with Crippen molar-refractivity contribution in [1.29, 1.82) is 5.26 Å². The van der Waals surface area contributed by atoms with E-state index in [4.69, 9.17) is 9.47 Å². The number of carbonyl (C=O) groups is 1. The summed E-state index contributed by atoms with van der Waals surface area (Å²) in [6, 6.07) is 8.99. The number of aliphatic hydroxyl groups is 1. The van der Waals surface area contributed by atoms with E-state index in [-0.39, 0.29) is 22.3 Å². The summed E-state index contributed by atoms with van der Waals surface area (Å²) >= 11 is 1.59. The molecule has 1 amide bonds. The molecule has 27 heavy (non-hydrogen) atoms. The van der Waals surface area contributed by atoms with E-state index in [1.165, 1.54) is 0 Å². The Morgan fingerprint density at radius 1 is 1.37 bits per heavy atom. The van der Waals surface area contributed by atoms with E-state index in [9.17, 15) is 15.2 Å². The van der Waals surface area contributed by atoms with Gasteiger partial charge in [-0.25, -0.2) is 0 Å². The van der Waals surface area contributed by atoms with E-state index in [0.29, 0.717) is 11.3 Å². The Morgan fingerprint density at radius 3 is 2.74 bits per heavy atom. The van der Waals surface area contributed by atoms with Crippen LogP contribution in [0.1, 0.15) is 44.8 Å². The molecule has 0 bridgehead atoms. The lowest BCUT2D eigenvalue weighted by atomic mass is 9.85. The number of ether oxygens (including phenoxy) is 2. The van der Waals surface area contributed by atoms with Crippen molar-refractivity contribution in [2.24, 2.45) is 5.92 Å². The zero-order chi connectivity index (χ0) is 19.2. The van der Waals surface area contributed by atoms with Gasteiger partial charge in [-0.05, 0) is 44.4 Å². The average Bonchev–Trinajstić information content (AvgIpc) is 2.90. The van der Waals surface area contributed by atoms with Gasteiger partial charge in [0.1, 0.15) is 11.8 Å². The predicted octanol–water partition coefficient (Wildman–Crippen LogP) is 2.83. The highest BCUT2D eigenvalue weighted by Crippen LogP contribution is 2.55. The fourth-order valence-corrected chi connectivity index (χ4v) is 5.71. The fourth-order valence-electron chi connectivity index (χ4n) is 4.04. The molecule has 144 valence electrons. The Bertz CT molecular complexity index is 754. The van der Waals surface area contributed by atoms with Crippen LogP contribution in [0.2, 0.25) is 0 Å². The molecule has 3 saturated heterocycles. The maximum absolute atomic E-state index is 12.6. The van der Waals surface area contributed by atoms with E-state index in [0.717, 1.165) is 25.9 Å². The minimum Gasteiger partial charge on any atom is -0.465 e. The number of fused-ring (bicyclic) bond motifs is 1. The van der Waals surface area contributed by atoms with Crippen LogP contribution in [0.5, 0.6) is 5.75 Å². The summed E-state index contributed by atoms with van der Waals surface area (Å²) in [5.41, 5.74) is 0.684. The van der Waals surface area contributed by atoms with Crippen molar-refractivity contribution in [3.63, 3.8) is 0 Å². The first kappa shape index (κ1) is 18.6. The standard InChI is InChI=1S/C20H24N2O4S/c1-20(2)14(11-21)22-18(24)16(19(22)27-20)17(23)12-6-8-13(9-7-12)26-15-5-3-4-10-25-15/h6-9,14-17,19,23H,3-5,10H2,1-2H3/t14-,15?,16+,17?,19+/m0/s1. The van der Waals surface area contributed by atoms with Gasteiger partial charge < -0.3 is 19.5 Å². The molecular formula is C20H24N2O4S. The third-order valence-electron chi connectivity index (χ3n) is 5.57. The summed E-state index contributed by atoms with van der Waals surface area (Å²) in [6.07, 6.45) is 1.95. The smallest absolute Gasteiger partial charge is 0.233 e. The molecule has 6 nitrogen and oxygen atoms in total. The topological polar surface area (TPSA) is 82.8 Å². The van der Waals surface area contributed by atoms with E-state index in [1.54, 1.807) is 40.9 Å². The zero-order valence-corrected chi connectivity index (χ0v) is 16.3. The number of thioether (sulfide) groups is 1. The van der Waals surface area contributed by atoms with Crippen molar-refractivity contribution >= 4 is 17.7 Å². The number of β-lactam (4-membered cyclic amide) rings is 1. The van der Waals surface area contributed by atoms with Gasteiger partial charge in [-0.15, -0.1) is 11.8 Å². The Kier molecular flexibility index (Phi) is 4.83. The molecule has 0 aliphatic carbocycles. The van der Waals surface area contributed by atoms with E-state index < -0.39 is 18.1 Å². The van der Waals surface area contributed by atoms with Crippen molar-refractivity contribution < 1.29 is 19.4 Å². The lowest BCUT2D eigenvalue weighted by molar-refractivity contribution is -0.159. The Labute approximate surface area is 163 Å². The molecule has 3 aliphatic heterocycles. The van der Waals surface area contributed by atoms with Crippen LogP contribution in [0.3, 0.4) is 0 Å². The summed E-state index contributed by atoms with van der Waals surface area (Å²) in [5.74, 6) is 0.0365. The van der Waals surface area contributed by atoms with Gasteiger partial charge in [0, 0.05) is 11.2 Å². The first-order valence-electron chi connectivity index (χ1n) is 9.38. The number of hydrogen-bond donors (Lipinski definition) is 1. The second kappa shape index (κ2) is 7.01. The van der Waals surface area contributed by atoms with Crippen LogP contribution in [0.4, 0.5) is 0 Å². The van der Waals surface area contributed by atoms with Crippen LogP contribution in [0.15, 0.2) is 24.3 Å². The molecule has 4 rings (SSSR count). The van der Waals surface area contributed by atoms with Crippen LogP contribution in [0, 0.1) is 17.2 Å². The molecule has 0 saturated carbocycles. The summed E-state index contributed by atoms with van der Waals surface area (Å²) < 4.78 is 11.1. The number of aliphatic hydroxyl groups excluding tert-OH is 1. The predicted molar refractivity (Wildman–Crippen MR) is 101 cm³/mol. The van der Waals surface area contributed by atoms with Crippen LogP contribution < -0.4 is 4.74 Å². The van der Waals surface area contributed by atoms with Gasteiger partial charge in [0.05, 0.1) is 30.1 Å². The van der Waals surface area contributed by atoms with Gasteiger partial charge >= 0.3 is 0 Å². The highest BCUT2D eigenvalue weighted by atomic mass is 32.2. The van der Waals surface area contributed by atoms with Gasteiger partial charge in [-0.3, -0.25) is 4.79 Å². The Hall–Kier alpha value is -1.75. The molecule has 0 radical (unpaired) electrons. The molecule has 7 heteroatoms. The number of benzene rings is 1. The van der Waals surface area contributed by atoms with Crippen molar-refractivity contribution in [3.8, 4) is 11.8 Å². The van der Waals surface area contributed by atoms with E-state index in [1.807, 2.05) is 13.8 Å². The Morgan fingerprint density at radius 2 is 2.11 bits per heavy atom. The van der Waals surface area contributed by atoms with Gasteiger partial charge in [0.25, 0.3) is 0 Å². The lowest BCUT2D eigenvalue weighted by Gasteiger charge is -2.45. The molecule has 5 atom stereocenters. The molecule has 3 heterocycles. The molecule has 1 N–H and O–H groups in total. The number of rotatable bonds is 4. The summed E-state index contributed by atoms with van der Waals surface area (Å²) in [7, 11) is 0. The highest BCUT2D eigenvalue weighted by Gasteiger charge is 2.63. The Balaban J connectivity index is 1.44. The van der Waals surface area contributed by atoms with Crippen molar-refractivity contribution in [2.75, 3.05) is 6.61 Å². The number of nitrogens with zero attached hydrogens (tertiary/aromatic N) is 2. The second-order valence-electron chi connectivity index (χ2n) is 7.84. The normalized spacial score (nSPS) is 33.0. The van der Waals surface area contributed by atoms with Crippen LogP contribution in [-0.2, 0) is 9.53 Å². The van der Waals surface area contributed by atoms with Crippen molar-refractivity contribution in [3.05, 3.63) is 29.8 Å². The monoisotopic (exact) mass is 388 g/mol. The first-order chi connectivity index (χ1) is 12.9. The third kappa shape index (κ3) is 3.20. The third-order valence-corrected chi connectivity index (χ3v) is 7.16. The number of nitriles is 1. The minimum absolute atomic E-state index is 0.145. The van der Waals surface area contributed by atoms with Gasteiger partial charge in [0.2, 0.25) is 5.91 Å². The molecule has 1 aromatic rings. The highest BCUT2D eigenvalue weighted by molar-refractivity contribution is 8.01. The summed E-state index contributed by atoms with van der Waals surface area (Å²) in [6.45, 7) is 4.67. The maximum Gasteiger partial charge on any atom is 0.233 e. The quantitative estimate of drug-likeness (QED) is 0.799. The van der Waals surface area contributed by atoms with Gasteiger partial charge in [0.15, 0.2) is 6.29 Å². The maximum atomic E-state index is 12.6. The first-order valence-corrected chi connectivity index (χ1v) is 10.3. The van der Waals surface area contributed by atoms with E-state index in [2.05, 4.69) is 6.07 Å². The SMILES string of the molecule is CC1(C)S[C@@H]2[C@H](C(O)c3ccc(OC4CCCCO4)cc3)C(=O)N2[C@H]1C#N. The second-order valence-corrected chi connectivity index (χ2v) is 9.61. The molecule has 0 spiro atoms. The van der Waals surface area contributed by atoms with Crippen LogP contribution in [-0.4, -0.2) is 45.0 Å². The lowest BCUT2D eigenvalue weighted by Crippen LogP contribution is -2.61. The largest absolute Gasteiger partial charge is 0.465 e. The summed E-state index contributed by atoms with van der Waals surface area (Å²) in [4.78, 5) is 14.2. The fraction of sp³-hybridized carbons (Fsp3) is 0.600.